The van der Waals surface area contributed by atoms with Crippen molar-refractivity contribution in [3.63, 3.8) is 0 Å². The number of hydrazine groups is 1. The summed E-state index contributed by atoms with van der Waals surface area (Å²) >= 11 is 17.2. The Labute approximate surface area is 126 Å². The molecule has 0 aromatic heterocycles. The molecule has 2 aromatic rings. The second-order valence-electron chi connectivity index (χ2n) is 3.67. The molecular formula is C13H11Cl2N3S. The smallest absolute Gasteiger partial charge is 0.189 e. The molecule has 0 fully saturated rings. The average molecular weight is 312 g/mol. The van der Waals surface area contributed by atoms with Crippen LogP contribution in [0.15, 0.2) is 48.5 Å². The molecule has 0 spiro atoms. The molecule has 0 unspecified atom stereocenters. The van der Waals surface area contributed by atoms with Gasteiger partial charge in [0.05, 0.1) is 21.4 Å². The fourth-order valence-electron chi connectivity index (χ4n) is 1.41. The van der Waals surface area contributed by atoms with Crippen molar-refractivity contribution in [2.75, 3.05) is 10.7 Å². The first-order valence-electron chi connectivity index (χ1n) is 5.49. The summed E-state index contributed by atoms with van der Waals surface area (Å²) in [7, 11) is 0. The highest BCUT2D eigenvalue weighted by Gasteiger charge is 2.06. The fraction of sp³-hybridized carbons (Fsp3) is 0. The van der Waals surface area contributed by atoms with E-state index in [0.29, 0.717) is 20.8 Å². The first-order valence-corrected chi connectivity index (χ1v) is 6.65. The van der Waals surface area contributed by atoms with Crippen LogP contribution in [0.5, 0.6) is 0 Å². The van der Waals surface area contributed by atoms with Gasteiger partial charge in [0.1, 0.15) is 0 Å². The standard InChI is InChI=1S/C13H11Cl2N3S/c14-10-7-4-8-11(15)12(10)16-13(19)18-17-9-5-2-1-3-6-9/h1-8,17H,(H2,16,18,19). The molecule has 2 rings (SSSR count). The lowest BCUT2D eigenvalue weighted by Gasteiger charge is -2.14. The highest BCUT2D eigenvalue weighted by molar-refractivity contribution is 7.80. The summed E-state index contributed by atoms with van der Waals surface area (Å²) in [5.74, 6) is 0. The van der Waals surface area contributed by atoms with E-state index in [1.807, 2.05) is 30.3 Å². The van der Waals surface area contributed by atoms with Crippen molar-refractivity contribution in [1.82, 2.24) is 5.43 Å². The van der Waals surface area contributed by atoms with Gasteiger partial charge in [0.15, 0.2) is 5.11 Å². The minimum Gasteiger partial charge on any atom is -0.329 e. The van der Waals surface area contributed by atoms with E-state index < -0.39 is 0 Å². The lowest BCUT2D eigenvalue weighted by Crippen LogP contribution is -2.33. The zero-order valence-corrected chi connectivity index (χ0v) is 12.1. The Morgan fingerprint density at radius 2 is 1.53 bits per heavy atom. The summed E-state index contributed by atoms with van der Waals surface area (Å²) in [6.07, 6.45) is 0. The Kier molecular flexibility index (Phi) is 4.85. The number of rotatable bonds is 3. The molecule has 0 aliphatic carbocycles. The Balaban J connectivity index is 1.95. The van der Waals surface area contributed by atoms with Crippen LogP contribution in [-0.4, -0.2) is 5.11 Å². The molecule has 3 nitrogen and oxygen atoms in total. The predicted molar refractivity (Wildman–Crippen MR) is 85.9 cm³/mol. The van der Waals surface area contributed by atoms with Gasteiger partial charge in [0.2, 0.25) is 0 Å². The van der Waals surface area contributed by atoms with Gasteiger partial charge in [-0.15, -0.1) is 0 Å². The molecule has 0 atom stereocenters. The Morgan fingerprint density at radius 1 is 0.895 bits per heavy atom. The first kappa shape index (κ1) is 13.9. The van der Waals surface area contributed by atoms with Crippen LogP contribution >= 0.6 is 35.4 Å². The normalized spacial score (nSPS) is 9.79. The first-order chi connectivity index (χ1) is 9.16. The maximum Gasteiger partial charge on any atom is 0.189 e. The van der Waals surface area contributed by atoms with Crippen LogP contribution in [0.2, 0.25) is 10.0 Å². The third-order valence-corrected chi connectivity index (χ3v) is 3.13. The van der Waals surface area contributed by atoms with Crippen LogP contribution < -0.4 is 16.2 Å². The van der Waals surface area contributed by atoms with E-state index in [9.17, 15) is 0 Å². The summed E-state index contributed by atoms with van der Waals surface area (Å²) < 4.78 is 0. The van der Waals surface area contributed by atoms with E-state index in [-0.39, 0.29) is 0 Å². The minimum atomic E-state index is 0.374. The van der Waals surface area contributed by atoms with Gasteiger partial charge in [-0.1, -0.05) is 47.5 Å². The van der Waals surface area contributed by atoms with Crippen molar-refractivity contribution < 1.29 is 0 Å². The summed E-state index contributed by atoms with van der Waals surface area (Å²) in [5.41, 5.74) is 7.30. The topological polar surface area (TPSA) is 36.1 Å². The summed E-state index contributed by atoms with van der Waals surface area (Å²) in [5, 5.41) is 4.34. The number of para-hydroxylation sites is 2. The van der Waals surface area contributed by atoms with Crippen molar-refractivity contribution in [3.8, 4) is 0 Å². The number of anilines is 2. The molecule has 0 saturated heterocycles. The number of hydrogen-bond donors (Lipinski definition) is 3. The van der Waals surface area contributed by atoms with E-state index in [2.05, 4.69) is 16.2 Å². The molecule has 0 bridgehead atoms. The maximum atomic E-state index is 6.04. The van der Waals surface area contributed by atoms with Gasteiger partial charge >= 0.3 is 0 Å². The van der Waals surface area contributed by atoms with Crippen molar-refractivity contribution in [1.29, 1.82) is 0 Å². The van der Waals surface area contributed by atoms with Crippen LogP contribution in [0.25, 0.3) is 0 Å². The van der Waals surface area contributed by atoms with Crippen molar-refractivity contribution >= 4 is 51.9 Å². The van der Waals surface area contributed by atoms with Crippen LogP contribution in [0.4, 0.5) is 11.4 Å². The van der Waals surface area contributed by atoms with Crippen LogP contribution in [0, 0.1) is 0 Å². The number of nitrogens with one attached hydrogen (secondary N) is 3. The van der Waals surface area contributed by atoms with Crippen LogP contribution in [0.1, 0.15) is 0 Å². The third-order valence-electron chi connectivity index (χ3n) is 2.30. The molecule has 3 N–H and O–H groups in total. The van der Waals surface area contributed by atoms with Gasteiger partial charge in [0.25, 0.3) is 0 Å². The quantitative estimate of drug-likeness (QED) is 0.583. The number of hydrogen-bond acceptors (Lipinski definition) is 2. The van der Waals surface area contributed by atoms with Gasteiger partial charge in [-0.2, -0.15) is 0 Å². The second kappa shape index (κ2) is 6.61. The number of halogens is 2. The van der Waals surface area contributed by atoms with Gasteiger partial charge in [-0.3, -0.25) is 10.9 Å². The van der Waals surface area contributed by atoms with Gasteiger partial charge in [-0.25, -0.2) is 0 Å². The van der Waals surface area contributed by atoms with Gasteiger partial charge < -0.3 is 5.32 Å². The van der Waals surface area contributed by atoms with Crippen molar-refractivity contribution in [3.05, 3.63) is 58.6 Å². The highest BCUT2D eigenvalue weighted by atomic mass is 35.5. The van der Waals surface area contributed by atoms with Crippen molar-refractivity contribution in [2.45, 2.75) is 0 Å². The zero-order valence-electron chi connectivity index (χ0n) is 9.78. The Hall–Kier alpha value is -1.49. The SMILES string of the molecule is S=C(NNc1ccccc1)Nc1c(Cl)cccc1Cl. The summed E-state index contributed by atoms with van der Waals surface area (Å²) in [6.45, 7) is 0. The molecule has 19 heavy (non-hydrogen) atoms. The molecule has 0 radical (unpaired) electrons. The van der Waals surface area contributed by atoms with E-state index in [0.717, 1.165) is 5.69 Å². The minimum absolute atomic E-state index is 0.374. The fourth-order valence-corrected chi connectivity index (χ4v) is 2.06. The molecular weight excluding hydrogens is 301 g/mol. The zero-order chi connectivity index (χ0) is 13.7. The molecule has 6 heteroatoms. The molecule has 2 aromatic carbocycles. The van der Waals surface area contributed by atoms with Crippen LogP contribution in [0.3, 0.4) is 0 Å². The monoisotopic (exact) mass is 311 g/mol. The van der Waals surface area contributed by atoms with E-state index >= 15 is 0 Å². The van der Waals surface area contributed by atoms with Crippen molar-refractivity contribution in [2.24, 2.45) is 0 Å². The van der Waals surface area contributed by atoms with Gasteiger partial charge in [0, 0.05) is 0 Å². The molecule has 0 aliphatic rings. The molecule has 0 amide bonds. The third kappa shape index (κ3) is 3.99. The summed E-state index contributed by atoms with van der Waals surface area (Å²) in [4.78, 5) is 0. The van der Waals surface area contributed by atoms with Gasteiger partial charge in [-0.05, 0) is 36.5 Å². The Morgan fingerprint density at radius 3 is 2.16 bits per heavy atom. The highest BCUT2D eigenvalue weighted by Crippen LogP contribution is 2.29. The lowest BCUT2D eigenvalue weighted by molar-refractivity contribution is 1.14. The predicted octanol–water partition coefficient (Wildman–Crippen LogP) is 4.31. The number of thiocarbonyl (C=S) groups is 1. The summed E-state index contributed by atoms with van der Waals surface area (Å²) in [6, 6.07) is 14.9. The molecule has 0 heterocycles. The van der Waals surface area contributed by atoms with E-state index in [1.54, 1.807) is 18.2 Å². The lowest BCUT2D eigenvalue weighted by atomic mass is 10.3. The average Bonchev–Trinajstić information content (AvgIpc) is 2.42. The second-order valence-corrected chi connectivity index (χ2v) is 4.89. The molecule has 0 aliphatic heterocycles. The maximum absolute atomic E-state index is 6.04. The molecule has 98 valence electrons. The van der Waals surface area contributed by atoms with E-state index in [4.69, 9.17) is 35.4 Å². The van der Waals surface area contributed by atoms with E-state index in [1.165, 1.54) is 0 Å². The largest absolute Gasteiger partial charge is 0.329 e. The number of benzene rings is 2. The Bertz CT molecular complexity index is 555. The molecule has 0 saturated carbocycles. The van der Waals surface area contributed by atoms with Crippen LogP contribution in [-0.2, 0) is 0 Å².